The molecule has 5 heterocycles. The lowest BCUT2D eigenvalue weighted by atomic mass is 9.97. The monoisotopic (exact) mass is 604 g/mol. The minimum Gasteiger partial charge on any atom is -0.508 e. The maximum absolute atomic E-state index is 13.1. The fourth-order valence-corrected chi connectivity index (χ4v) is 7.35. The van der Waals surface area contributed by atoms with E-state index in [4.69, 9.17) is 14.7 Å². The molecule has 0 spiro atoms. The van der Waals surface area contributed by atoms with Crippen molar-refractivity contribution in [3.05, 3.63) is 67.1 Å². The SMILES string of the molecule is CN1CCC[C@H]1COc1nc(N2[C@@H]3CC[C@H]2CN(C(=O)Nc2cnc[nH]2)C3)c2ccc(-c3cc(O)cc4ccccc34)cc2n1. The molecule has 3 aromatic carbocycles. The number of urea groups is 1. The molecule has 0 radical (unpaired) electrons. The average molecular weight is 605 g/mol. The smallest absolute Gasteiger partial charge is 0.323 e. The third-order valence-corrected chi connectivity index (χ3v) is 9.64. The fraction of sp³-hybridized carbons (Fsp3) is 0.353. The lowest BCUT2D eigenvalue weighted by Gasteiger charge is -2.42. The standard InChI is InChI=1S/C34H36N8O3/c1-40-12-4-6-25(40)19-45-33-37-30-14-22(29-15-26(43)13-21-5-2-3-7-27(21)29)8-11-28(30)32(39-33)42-23-9-10-24(42)18-41(17-23)34(44)38-31-16-35-20-36-31/h2-3,5,7-8,11,13-16,20,23-25,43H,4,6,9-10,12,17-19H2,1H3,(H,35,36)(H,38,44)/t23-,24+,25-/m0/s1. The number of piperazine rings is 1. The Labute approximate surface area is 260 Å². The van der Waals surface area contributed by atoms with E-state index < -0.39 is 0 Å². The van der Waals surface area contributed by atoms with Gasteiger partial charge in [-0.25, -0.2) is 9.78 Å². The van der Waals surface area contributed by atoms with Crippen LogP contribution in [0.3, 0.4) is 0 Å². The molecule has 3 aliphatic rings. The van der Waals surface area contributed by atoms with Gasteiger partial charge in [0.1, 0.15) is 24.0 Å². The molecule has 11 nitrogen and oxygen atoms in total. The minimum absolute atomic E-state index is 0.123. The van der Waals surface area contributed by atoms with Crippen LogP contribution in [-0.4, -0.2) is 92.3 Å². The van der Waals surface area contributed by atoms with Crippen molar-refractivity contribution in [2.45, 2.75) is 43.8 Å². The molecule has 0 aliphatic carbocycles. The molecular formula is C34H36N8O3. The number of H-pyrrole nitrogens is 1. The summed E-state index contributed by atoms with van der Waals surface area (Å²) in [5.74, 6) is 1.66. The molecule has 45 heavy (non-hydrogen) atoms. The number of fused-ring (bicyclic) bond motifs is 4. The van der Waals surface area contributed by atoms with E-state index in [1.54, 1.807) is 18.6 Å². The van der Waals surface area contributed by atoms with Crippen molar-refractivity contribution in [3.63, 3.8) is 0 Å². The average Bonchev–Trinajstić information content (AvgIpc) is 3.78. The van der Waals surface area contributed by atoms with E-state index in [0.29, 0.717) is 37.6 Å². The van der Waals surface area contributed by atoms with Gasteiger partial charge in [0.2, 0.25) is 0 Å². The van der Waals surface area contributed by atoms with E-state index in [0.717, 1.165) is 70.8 Å². The van der Waals surface area contributed by atoms with Crippen LogP contribution in [0, 0.1) is 0 Å². The van der Waals surface area contributed by atoms with Gasteiger partial charge in [-0.05, 0) is 85.4 Å². The van der Waals surface area contributed by atoms with Crippen LogP contribution in [0.15, 0.2) is 67.1 Å². The molecule has 2 amide bonds. The Morgan fingerprint density at radius 2 is 1.89 bits per heavy atom. The van der Waals surface area contributed by atoms with E-state index in [1.165, 1.54) is 0 Å². The van der Waals surface area contributed by atoms with Gasteiger partial charge in [0.15, 0.2) is 0 Å². The number of rotatable bonds is 6. The Balaban J connectivity index is 1.16. The zero-order valence-corrected chi connectivity index (χ0v) is 25.2. The number of amides is 2. The predicted octanol–water partition coefficient (Wildman–Crippen LogP) is 5.24. The molecule has 230 valence electrons. The van der Waals surface area contributed by atoms with Gasteiger partial charge in [-0.3, -0.25) is 5.32 Å². The number of likely N-dealkylation sites (N-methyl/N-ethyl adjacent to an activating group) is 1. The lowest BCUT2D eigenvalue weighted by molar-refractivity contribution is 0.187. The first-order valence-corrected chi connectivity index (χ1v) is 15.7. The molecule has 3 atom stereocenters. The number of ether oxygens (including phenoxy) is 1. The second-order valence-corrected chi connectivity index (χ2v) is 12.5. The Bertz CT molecular complexity index is 1870. The first-order chi connectivity index (χ1) is 22.0. The quantitative estimate of drug-likeness (QED) is 0.241. The number of aromatic nitrogens is 4. The number of carbonyl (C=O) groups is 1. The number of benzene rings is 3. The predicted molar refractivity (Wildman–Crippen MR) is 174 cm³/mol. The van der Waals surface area contributed by atoms with Gasteiger partial charge in [0.05, 0.1) is 18.0 Å². The maximum Gasteiger partial charge on any atom is 0.323 e. The summed E-state index contributed by atoms with van der Waals surface area (Å²) in [6.45, 7) is 2.80. The molecule has 5 aromatic rings. The number of carbonyl (C=O) groups excluding carboxylic acids is 1. The molecule has 3 saturated heterocycles. The number of hydrogen-bond acceptors (Lipinski definition) is 8. The van der Waals surface area contributed by atoms with E-state index in [-0.39, 0.29) is 23.9 Å². The number of nitrogens with one attached hydrogen (secondary N) is 2. The second kappa shape index (κ2) is 11.2. The number of hydrogen-bond donors (Lipinski definition) is 3. The molecule has 2 aromatic heterocycles. The van der Waals surface area contributed by atoms with Gasteiger partial charge in [-0.1, -0.05) is 30.3 Å². The van der Waals surface area contributed by atoms with Crippen LogP contribution < -0.4 is 15.0 Å². The normalized spacial score (nSPS) is 21.6. The van der Waals surface area contributed by atoms with Crippen LogP contribution in [0.5, 0.6) is 11.8 Å². The van der Waals surface area contributed by atoms with Gasteiger partial charge in [0.25, 0.3) is 0 Å². The first-order valence-electron chi connectivity index (χ1n) is 15.7. The van der Waals surface area contributed by atoms with Gasteiger partial charge in [-0.2, -0.15) is 9.97 Å². The van der Waals surface area contributed by atoms with Gasteiger partial charge in [0, 0.05) is 36.6 Å². The maximum atomic E-state index is 13.1. The summed E-state index contributed by atoms with van der Waals surface area (Å²) in [5, 5.41) is 16.5. The Morgan fingerprint density at radius 3 is 2.67 bits per heavy atom. The highest BCUT2D eigenvalue weighted by atomic mass is 16.5. The third kappa shape index (κ3) is 5.16. The molecule has 11 heteroatoms. The van der Waals surface area contributed by atoms with Crippen LogP contribution in [0.4, 0.5) is 16.4 Å². The Kier molecular flexibility index (Phi) is 6.89. The van der Waals surface area contributed by atoms with Crippen molar-refractivity contribution in [2.24, 2.45) is 0 Å². The largest absolute Gasteiger partial charge is 0.508 e. The third-order valence-electron chi connectivity index (χ3n) is 9.64. The van der Waals surface area contributed by atoms with Crippen LogP contribution >= 0.6 is 0 Å². The number of aromatic amines is 1. The number of aromatic hydroxyl groups is 1. The first kappa shape index (κ1) is 27.6. The molecule has 0 saturated carbocycles. The van der Waals surface area contributed by atoms with Crippen LogP contribution in [-0.2, 0) is 0 Å². The van der Waals surface area contributed by atoms with Gasteiger partial charge >= 0.3 is 12.0 Å². The Morgan fingerprint density at radius 1 is 1.04 bits per heavy atom. The second-order valence-electron chi connectivity index (χ2n) is 12.5. The summed E-state index contributed by atoms with van der Waals surface area (Å²) >= 11 is 0. The number of anilines is 2. The molecule has 3 N–H and O–H groups in total. The number of phenolic OH excluding ortho intramolecular Hbond substituents is 1. The fourth-order valence-electron chi connectivity index (χ4n) is 7.35. The van der Waals surface area contributed by atoms with E-state index in [2.05, 4.69) is 56.4 Å². The van der Waals surface area contributed by atoms with E-state index in [1.807, 2.05) is 29.2 Å². The van der Waals surface area contributed by atoms with Crippen molar-refractivity contribution in [1.82, 2.24) is 29.7 Å². The van der Waals surface area contributed by atoms with Gasteiger partial charge in [-0.15, -0.1) is 0 Å². The van der Waals surface area contributed by atoms with E-state index in [9.17, 15) is 9.90 Å². The summed E-state index contributed by atoms with van der Waals surface area (Å²) in [6.07, 6.45) is 7.36. The van der Waals surface area contributed by atoms with Crippen molar-refractivity contribution in [3.8, 4) is 22.9 Å². The minimum atomic E-state index is -0.129. The van der Waals surface area contributed by atoms with Crippen molar-refractivity contribution in [2.75, 3.05) is 43.5 Å². The lowest BCUT2D eigenvalue weighted by Crippen LogP contribution is -2.56. The zero-order valence-electron chi connectivity index (χ0n) is 25.2. The summed E-state index contributed by atoms with van der Waals surface area (Å²) in [5.41, 5.74) is 2.70. The van der Waals surface area contributed by atoms with Crippen LogP contribution in [0.2, 0.25) is 0 Å². The van der Waals surface area contributed by atoms with Gasteiger partial charge < -0.3 is 29.5 Å². The summed E-state index contributed by atoms with van der Waals surface area (Å²) in [4.78, 5) is 36.6. The van der Waals surface area contributed by atoms with Crippen molar-refractivity contribution < 1.29 is 14.6 Å². The van der Waals surface area contributed by atoms with Crippen LogP contribution in [0.25, 0.3) is 32.8 Å². The summed E-state index contributed by atoms with van der Waals surface area (Å²) < 4.78 is 6.33. The number of likely N-dealkylation sites (tertiary alicyclic amines) is 2. The van der Waals surface area contributed by atoms with Crippen molar-refractivity contribution >= 4 is 39.3 Å². The van der Waals surface area contributed by atoms with Crippen molar-refractivity contribution in [1.29, 1.82) is 0 Å². The molecule has 0 unspecified atom stereocenters. The highest BCUT2D eigenvalue weighted by molar-refractivity contribution is 6.01. The molecule has 8 rings (SSSR count). The highest BCUT2D eigenvalue weighted by Crippen LogP contribution is 2.40. The molecule has 3 fully saturated rings. The topological polar surface area (TPSA) is 123 Å². The number of imidazole rings is 1. The Hall–Kier alpha value is -4.90. The summed E-state index contributed by atoms with van der Waals surface area (Å²) in [7, 11) is 2.14. The van der Waals surface area contributed by atoms with E-state index >= 15 is 0 Å². The molecule has 3 aliphatic heterocycles. The number of nitrogens with zero attached hydrogens (tertiary/aromatic N) is 6. The highest BCUT2D eigenvalue weighted by Gasteiger charge is 2.43. The number of phenols is 1. The summed E-state index contributed by atoms with van der Waals surface area (Å²) in [6, 6.07) is 18.8. The molecule has 2 bridgehead atoms. The molecular weight excluding hydrogens is 568 g/mol. The zero-order chi connectivity index (χ0) is 30.5. The van der Waals surface area contributed by atoms with Crippen LogP contribution in [0.1, 0.15) is 25.7 Å².